The van der Waals surface area contributed by atoms with E-state index in [4.69, 9.17) is 10.5 Å². The molecule has 0 spiro atoms. The largest absolute Gasteiger partial charge is 0.504 e. The molecule has 0 saturated carbocycles. The van der Waals surface area contributed by atoms with E-state index in [1.54, 1.807) is 0 Å². The Hall–Kier alpha value is -3.04. The van der Waals surface area contributed by atoms with E-state index in [0.717, 1.165) is 0 Å². The predicted octanol–water partition coefficient (Wildman–Crippen LogP) is -1.40. The molecule has 1 aliphatic heterocycles. The first kappa shape index (κ1) is 22.2. The lowest BCUT2D eigenvalue weighted by Gasteiger charge is -2.16. The highest BCUT2D eigenvalue weighted by Crippen LogP contribution is 2.32. The van der Waals surface area contributed by atoms with Crippen LogP contribution in [0.3, 0.4) is 0 Å². The fraction of sp³-hybridized carbons (Fsp3) is 0.389. The maximum Gasteiger partial charge on any atom is 0.212 e. The summed E-state index contributed by atoms with van der Waals surface area (Å²) in [6.45, 7) is -0.299. The van der Waals surface area contributed by atoms with E-state index < -0.39 is 34.6 Å². The molecule has 0 aliphatic carbocycles. The summed E-state index contributed by atoms with van der Waals surface area (Å²) in [7, 11) is -3.82. The molecule has 3 aromatic rings. The number of para-hydroxylation sites is 1. The molecule has 14 heteroatoms. The third kappa shape index (κ3) is 4.18. The highest BCUT2D eigenvalue weighted by Gasteiger charge is 2.44. The van der Waals surface area contributed by atoms with E-state index >= 15 is 0 Å². The van der Waals surface area contributed by atoms with Gasteiger partial charge in [0.05, 0.1) is 12.1 Å². The van der Waals surface area contributed by atoms with Crippen LogP contribution in [0.5, 0.6) is 11.5 Å². The molecule has 4 atom stereocenters. The SMILES string of the molecule is Nc1ncnc2c1ncn2[C@@H]1O[C@H](CNS(=O)(=O)CCc2cccc(O)c2O)[C@@H](O)[C@H]1O. The maximum absolute atomic E-state index is 12.4. The second kappa shape index (κ2) is 8.48. The second-order valence-electron chi connectivity index (χ2n) is 7.33. The summed E-state index contributed by atoms with van der Waals surface area (Å²) in [5.41, 5.74) is 6.62. The molecular formula is C18H22N6O7S. The van der Waals surface area contributed by atoms with Crippen molar-refractivity contribution in [3.8, 4) is 11.5 Å². The monoisotopic (exact) mass is 466 g/mol. The second-order valence-corrected chi connectivity index (χ2v) is 9.26. The topological polar surface area (TPSA) is 206 Å². The summed E-state index contributed by atoms with van der Waals surface area (Å²) < 4.78 is 34.1. The standard InChI is InChI=1S/C18H22N6O7S/c19-16-12-17(21-7-20-16)24(8-22-12)18-15(28)14(27)11(31-18)6-23-32(29,30)5-4-9-2-1-3-10(25)13(9)26/h1-3,7-8,11,14-15,18,23,25-28H,4-6H2,(H2,19,20,21)/t11-,14-,15-,18-/m1/s1. The van der Waals surface area contributed by atoms with Crippen molar-refractivity contribution in [2.75, 3.05) is 18.0 Å². The number of phenols is 2. The van der Waals surface area contributed by atoms with E-state index in [1.165, 1.54) is 35.4 Å². The number of aliphatic hydroxyl groups is 2. The average molecular weight is 466 g/mol. The number of fused-ring (bicyclic) bond motifs is 1. The van der Waals surface area contributed by atoms with E-state index in [2.05, 4.69) is 19.7 Å². The van der Waals surface area contributed by atoms with Gasteiger partial charge in [0.15, 0.2) is 29.2 Å². The number of benzene rings is 1. The number of hydrogen-bond donors (Lipinski definition) is 6. The molecule has 0 amide bonds. The van der Waals surface area contributed by atoms with Crippen molar-refractivity contribution in [2.45, 2.75) is 31.0 Å². The van der Waals surface area contributed by atoms with E-state index in [1.807, 2.05) is 0 Å². The molecule has 1 fully saturated rings. The van der Waals surface area contributed by atoms with Crippen LogP contribution < -0.4 is 10.5 Å². The predicted molar refractivity (Wildman–Crippen MR) is 111 cm³/mol. The summed E-state index contributed by atoms with van der Waals surface area (Å²) in [6, 6.07) is 4.28. The van der Waals surface area contributed by atoms with Gasteiger partial charge in [-0.2, -0.15) is 0 Å². The molecule has 4 rings (SSSR count). The number of phenolic OH excluding ortho intramolecular Hbond substituents is 2. The van der Waals surface area contributed by atoms with Gasteiger partial charge in [-0.1, -0.05) is 12.1 Å². The number of nitrogens with one attached hydrogen (secondary N) is 1. The van der Waals surface area contributed by atoms with Crippen LogP contribution in [0.25, 0.3) is 11.2 Å². The first-order valence-corrected chi connectivity index (χ1v) is 11.2. The summed E-state index contributed by atoms with van der Waals surface area (Å²) in [5, 5.41) is 40.1. The minimum Gasteiger partial charge on any atom is -0.504 e. The molecule has 7 N–H and O–H groups in total. The molecule has 0 unspecified atom stereocenters. The van der Waals surface area contributed by atoms with Gasteiger partial charge in [-0.3, -0.25) is 4.57 Å². The lowest BCUT2D eigenvalue weighted by molar-refractivity contribution is -0.0330. The number of anilines is 1. The first-order valence-electron chi connectivity index (χ1n) is 9.59. The van der Waals surface area contributed by atoms with Crippen LogP contribution in [-0.2, 0) is 21.2 Å². The van der Waals surface area contributed by atoms with Gasteiger partial charge in [0.25, 0.3) is 0 Å². The van der Waals surface area contributed by atoms with E-state index in [-0.39, 0.29) is 41.6 Å². The normalized spacial score (nSPS) is 23.7. The van der Waals surface area contributed by atoms with Crippen LogP contribution in [0, 0.1) is 0 Å². The number of aromatic nitrogens is 4. The van der Waals surface area contributed by atoms with Gasteiger partial charge in [-0.25, -0.2) is 28.1 Å². The summed E-state index contributed by atoms with van der Waals surface area (Å²) in [5.74, 6) is -0.945. The molecular weight excluding hydrogens is 444 g/mol. The maximum atomic E-state index is 12.4. The van der Waals surface area contributed by atoms with Gasteiger partial charge in [0.1, 0.15) is 30.2 Å². The fourth-order valence-corrected chi connectivity index (χ4v) is 4.54. The fourth-order valence-electron chi connectivity index (χ4n) is 3.49. The molecule has 1 aliphatic rings. The van der Waals surface area contributed by atoms with Crippen LogP contribution in [0.15, 0.2) is 30.9 Å². The number of aromatic hydroxyl groups is 2. The number of hydrogen-bond acceptors (Lipinski definition) is 11. The van der Waals surface area contributed by atoms with Crippen molar-refractivity contribution in [1.29, 1.82) is 0 Å². The third-order valence-corrected chi connectivity index (χ3v) is 6.59. The number of sulfonamides is 1. The zero-order valence-electron chi connectivity index (χ0n) is 16.6. The van der Waals surface area contributed by atoms with Crippen LogP contribution in [0.4, 0.5) is 5.82 Å². The van der Waals surface area contributed by atoms with Crippen molar-refractivity contribution in [3.63, 3.8) is 0 Å². The molecule has 1 saturated heterocycles. The van der Waals surface area contributed by atoms with Crippen LogP contribution in [0.2, 0.25) is 0 Å². The Kier molecular flexibility index (Phi) is 5.87. The number of aliphatic hydroxyl groups excluding tert-OH is 2. The van der Waals surface area contributed by atoms with E-state index in [0.29, 0.717) is 11.2 Å². The summed E-state index contributed by atoms with van der Waals surface area (Å²) in [6.07, 6.45) is -2.35. The highest BCUT2D eigenvalue weighted by molar-refractivity contribution is 7.89. The molecule has 13 nitrogen and oxygen atoms in total. The molecule has 2 aromatic heterocycles. The number of imidazole rings is 1. The summed E-state index contributed by atoms with van der Waals surface area (Å²) in [4.78, 5) is 12.0. The van der Waals surface area contributed by atoms with Gasteiger partial charge < -0.3 is 30.9 Å². The Labute approximate surface area is 182 Å². The molecule has 0 bridgehead atoms. The summed E-state index contributed by atoms with van der Waals surface area (Å²) >= 11 is 0. The van der Waals surface area contributed by atoms with Crippen LogP contribution >= 0.6 is 0 Å². The van der Waals surface area contributed by atoms with Gasteiger partial charge in [-0.05, 0) is 18.1 Å². The zero-order chi connectivity index (χ0) is 23.0. The lowest BCUT2D eigenvalue weighted by Crippen LogP contribution is -2.40. The number of nitrogen functional groups attached to an aromatic ring is 1. The molecule has 32 heavy (non-hydrogen) atoms. The number of nitrogens with two attached hydrogens (primary N) is 1. The molecule has 0 radical (unpaired) electrons. The Bertz CT molecular complexity index is 1230. The van der Waals surface area contributed by atoms with Crippen molar-refractivity contribution < 1.29 is 33.6 Å². The van der Waals surface area contributed by atoms with Gasteiger partial charge in [0, 0.05) is 6.54 Å². The number of rotatable bonds is 7. The van der Waals surface area contributed by atoms with Crippen molar-refractivity contribution >= 4 is 27.0 Å². The van der Waals surface area contributed by atoms with Crippen molar-refractivity contribution in [3.05, 3.63) is 36.4 Å². The minimum absolute atomic E-state index is 0.0446. The quantitative estimate of drug-likeness (QED) is 0.223. The Morgan fingerprint density at radius 2 is 1.94 bits per heavy atom. The third-order valence-electron chi connectivity index (χ3n) is 5.24. The Balaban J connectivity index is 1.41. The van der Waals surface area contributed by atoms with Crippen LogP contribution in [-0.4, -0.2) is 79.0 Å². The highest BCUT2D eigenvalue weighted by atomic mass is 32.2. The Morgan fingerprint density at radius 3 is 2.72 bits per heavy atom. The first-order chi connectivity index (χ1) is 15.2. The average Bonchev–Trinajstić information content (AvgIpc) is 3.30. The van der Waals surface area contributed by atoms with E-state index in [9.17, 15) is 28.8 Å². The number of aryl methyl sites for hydroxylation is 1. The van der Waals surface area contributed by atoms with Gasteiger partial charge in [-0.15, -0.1) is 0 Å². The smallest absolute Gasteiger partial charge is 0.212 e. The van der Waals surface area contributed by atoms with Crippen molar-refractivity contribution in [1.82, 2.24) is 24.2 Å². The molecule has 1 aromatic carbocycles. The van der Waals surface area contributed by atoms with Crippen LogP contribution in [0.1, 0.15) is 11.8 Å². The number of ether oxygens (including phenoxy) is 1. The zero-order valence-corrected chi connectivity index (χ0v) is 17.4. The molecule has 172 valence electrons. The number of nitrogens with zero attached hydrogens (tertiary/aromatic N) is 4. The van der Waals surface area contributed by atoms with Gasteiger partial charge >= 0.3 is 0 Å². The Morgan fingerprint density at radius 1 is 1.16 bits per heavy atom. The van der Waals surface area contributed by atoms with Crippen molar-refractivity contribution in [2.24, 2.45) is 0 Å². The molecule has 3 heterocycles. The lowest BCUT2D eigenvalue weighted by atomic mass is 10.1. The van der Waals surface area contributed by atoms with Gasteiger partial charge in [0.2, 0.25) is 10.0 Å². The minimum atomic E-state index is -3.82.